The Morgan fingerprint density at radius 2 is 2.05 bits per heavy atom. The number of rotatable bonds is 6. The third-order valence-electron chi connectivity index (χ3n) is 5.71. The standard InChI is InChI=1S/C18H30O2/c1-12(2)9-10-13(3)16-14(4)18(16,5)11-20-17(19)15-7-6-8-15/h9,13-16H,6-8,10-11H2,1-5H3/t13-,14?,16?,18?/m0/s1. The summed E-state index contributed by atoms with van der Waals surface area (Å²) in [5.41, 5.74) is 1.59. The van der Waals surface area contributed by atoms with Crippen molar-refractivity contribution in [2.24, 2.45) is 29.1 Å². The number of ether oxygens (including phenoxy) is 1. The molecule has 2 aliphatic carbocycles. The molecule has 0 N–H and O–H groups in total. The fourth-order valence-electron chi connectivity index (χ4n) is 3.77. The van der Waals surface area contributed by atoms with Crippen molar-refractivity contribution in [3.05, 3.63) is 11.6 Å². The molecule has 2 nitrogen and oxygen atoms in total. The summed E-state index contributed by atoms with van der Waals surface area (Å²) >= 11 is 0. The molecule has 2 heteroatoms. The first kappa shape index (κ1) is 15.6. The second-order valence-corrected chi connectivity index (χ2v) is 7.55. The molecule has 0 spiro atoms. The van der Waals surface area contributed by atoms with Crippen LogP contribution in [-0.2, 0) is 9.53 Å². The quantitative estimate of drug-likeness (QED) is 0.524. The number of hydrogen-bond acceptors (Lipinski definition) is 2. The number of esters is 1. The van der Waals surface area contributed by atoms with Crippen molar-refractivity contribution in [1.29, 1.82) is 0 Å². The summed E-state index contributed by atoms with van der Waals surface area (Å²) in [6.07, 6.45) is 6.73. The highest BCUT2D eigenvalue weighted by Gasteiger charge is 2.60. The minimum Gasteiger partial charge on any atom is -0.465 e. The van der Waals surface area contributed by atoms with Gasteiger partial charge in [0.15, 0.2) is 0 Å². The highest BCUT2D eigenvalue weighted by atomic mass is 16.5. The Morgan fingerprint density at radius 1 is 1.40 bits per heavy atom. The summed E-state index contributed by atoms with van der Waals surface area (Å²) in [5, 5.41) is 0. The number of hydrogen-bond donors (Lipinski definition) is 0. The largest absolute Gasteiger partial charge is 0.465 e. The van der Waals surface area contributed by atoms with E-state index in [2.05, 4.69) is 40.7 Å². The first-order valence-electron chi connectivity index (χ1n) is 8.16. The molecule has 20 heavy (non-hydrogen) atoms. The summed E-state index contributed by atoms with van der Waals surface area (Å²) in [6.45, 7) is 11.9. The van der Waals surface area contributed by atoms with Crippen LogP contribution in [0.2, 0.25) is 0 Å². The number of carbonyl (C=O) groups excluding carboxylic acids is 1. The molecule has 114 valence electrons. The lowest BCUT2D eigenvalue weighted by molar-refractivity contribution is -0.153. The zero-order chi connectivity index (χ0) is 14.9. The molecule has 0 saturated heterocycles. The minimum absolute atomic E-state index is 0.0484. The van der Waals surface area contributed by atoms with Gasteiger partial charge < -0.3 is 4.74 Å². The van der Waals surface area contributed by atoms with E-state index in [1.807, 2.05) is 0 Å². The highest BCUT2D eigenvalue weighted by Crippen LogP contribution is 2.62. The zero-order valence-electron chi connectivity index (χ0n) is 13.7. The summed E-state index contributed by atoms with van der Waals surface area (Å²) < 4.78 is 5.59. The van der Waals surface area contributed by atoms with Gasteiger partial charge in [-0.15, -0.1) is 0 Å². The van der Waals surface area contributed by atoms with Crippen molar-refractivity contribution < 1.29 is 9.53 Å². The van der Waals surface area contributed by atoms with Crippen molar-refractivity contribution in [3.8, 4) is 0 Å². The molecule has 2 rings (SSSR count). The molecule has 3 unspecified atom stereocenters. The van der Waals surface area contributed by atoms with Gasteiger partial charge >= 0.3 is 5.97 Å². The summed E-state index contributed by atoms with van der Waals surface area (Å²) in [4.78, 5) is 11.9. The van der Waals surface area contributed by atoms with E-state index < -0.39 is 0 Å². The Bertz CT molecular complexity index is 390. The molecule has 0 aromatic rings. The lowest BCUT2D eigenvalue weighted by Gasteiger charge is -2.24. The van der Waals surface area contributed by atoms with Crippen LogP contribution in [0.25, 0.3) is 0 Å². The SMILES string of the molecule is CC(C)=CC[C@H](C)C1C(C)C1(C)COC(=O)C1CCC1. The fraction of sp³-hybridized carbons (Fsp3) is 0.833. The molecule has 0 heterocycles. The van der Waals surface area contributed by atoms with Gasteiger partial charge in [-0.25, -0.2) is 0 Å². The predicted molar refractivity (Wildman–Crippen MR) is 82.3 cm³/mol. The van der Waals surface area contributed by atoms with Gasteiger partial charge in [-0.1, -0.05) is 38.8 Å². The van der Waals surface area contributed by atoms with Gasteiger partial charge in [-0.2, -0.15) is 0 Å². The summed E-state index contributed by atoms with van der Waals surface area (Å²) in [7, 11) is 0. The van der Waals surface area contributed by atoms with E-state index >= 15 is 0 Å². The molecule has 2 aliphatic rings. The Labute approximate surface area is 124 Å². The van der Waals surface area contributed by atoms with E-state index in [1.54, 1.807) is 0 Å². The summed E-state index contributed by atoms with van der Waals surface area (Å²) in [5.74, 6) is 2.28. The van der Waals surface area contributed by atoms with Crippen molar-refractivity contribution in [3.63, 3.8) is 0 Å². The first-order valence-corrected chi connectivity index (χ1v) is 8.16. The van der Waals surface area contributed by atoms with E-state index in [4.69, 9.17) is 4.74 Å². The number of carbonyl (C=O) groups is 1. The van der Waals surface area contributed by atoms with Gasteiger partial charge in [0.25, 0.3) is 0 Å². The maximum absolute atomic E-state index is 11.9. The van der Waals surface area contributed by atoms with Crippen LogP contribution in [0.4, 0.5) is 0 Å². The van der Waals surface area contributed by atoms with Gasteiger partial charge in [0.2, 0.25) is 0 Å². The van der Waals surface area contributed by atoms with Crippen molar-refractivity contribution in [2.75, 3.05) is 6.61 Å². The van der Waals surface area contributed by atoms with Crippen molar-refractivity contribution in [1.82, 2.24) is 0 Å². The smallest absolute Gasteiger partial charge is 0.308 e. The minimum atomic E-state index is 0.0484. The molecule has 2 saturated carbocycles. The Morgan fingerprint density at radius 3 is 2.55 bits per heavy atom. The average molecular weight is 278 g/mol. The predicted octanol–water partition coefficient (Wildman–Crippen LogP) is 4.59. The van der Waals surface area contributed by atoms with Crippen LogP contribution in [0, 0.1) is 29.1 Å². The lowest BCUT2D eigenvalue weighted by atomic mass is 9.85. The highest BCUT2D eigenvalue weighted by molar-refractivity contribution is 5.73. The van der Waals surface area contributed by atoms with Crippen LogP contribution in [-0.4, -0.2) is 12.6 Å². The zero-order valence-corrected chi connectivity index (χ0v) is 13.7. The van der Waals surface area contributed by atoms with Gasteiger partial charge in [0, 0.05) is 5.41 Å². The van der Waals surface area contributed by atoms with Crippen LogP contribution in [0.5, 0.6) is 0 Å². The Balaban J connectivity index is 1.81. The first-order chi connectivity index (χ1) is 9.36. The second kappa shape index (κ2) is 5.91. The van der Waals surface area contributed by atoms with Crippen molar-refractivity contribution >= 4 is 5.97 Å². The van der Waals surface area contributed by atoms with E-state index in [9.17, 15) is 4.79 Å². The molecule has 0 radical (unpaired) electrons. The molecular formula is C18H30O2. The van der Waals surface area contributed by atoms with Crippen LogP contribution >= 0.6 is 0 Å². The molecule has 0 aromatic heterocycles. The normalized spacial score (nSPS) is 34.0. The Kier molecular flexibility index (Phi) is 4.61. The van der Waals surface area contributed by atoms with E-state index in [0.717, 1.165) is 19.3 Å². The molecule has 2 fully saturated rings. The van der Waals surface area contributed by atoms with Crippen LogP contribution in [0.1, 0.15) is 60.3 Å². The molecule has 4 atom stereocenters. The topological polar surface area (TPSA) is 26.3 Å². The Hall–Kier alpha value is -0.790. The van der Waals surface area contributed by atoms with E-state index in [-0.39, 0.29) is 17.3 Å². The molecule has 0 bridgehead atoms. The monoisotopic (exact) mass is 278 g/mol. The maximum atomic E-state index is 11.9. The van der Waals surface area contributed by atoms with Crippen molar-refractivity contribution in [2.45, 2.75) is 60.3 Å². The maximum Gasteiger partial charge on any atom is 0.308 e. The third kappa shape index (κ3) is 3.10. The van der Waals surface area contributed by atoms with Crippen LogP contribution in [0.15, 0.2) is 11.6 Å². The van der Waals surface area contributed by atoms with Gasteiger partial charge in [-0.3, -0.25) is 4.79 Å². The van der Waals surface area contributed by atoms with Gasteiger partial charge in [-0.05, 0) is 50.9 Å². The van der Waals surface area contributed by atoms with Gasteiger partial charge in [0.1, 0.15) is 0 Å². The second-order valence-electron chi connectivity index (χ2n) is 7.55. The van der Waals surface area contributed by atoms with Crippen LogP contribution < -0.4 is 0 Å². The molecular weight excluding hydrogens is 248 g/mol. The van der Waals surface area contributed by atoms with E-state index in [0.29, 0.717) is 24.4 Å². The molecule has 0 aliphatic heterocycles. The third-order valence-corrected chi connectivity index (χ3v) is 5.71. The summed E-state index contributed by atoms with van der Waals surface area (Å²) in [6, 6.07) is 0. The van der Waals surface area contributed by atoms with Crippen LogP contribution in [0.3, 0.4) is 0 Å². The van der Waals surface area contributed by atoms with E-state index in [1.165, 1.54) is 12.0 Å². The average Bonchev–Trinajstić information content (AvgIpc) is 2.84. The molecule has 0 amide bonds. The molecule has 0 aromatic carbocycles. The number of allylic oxidation sites excluding steroid dienone is 2. The fourth-order valence-corrected chi connectivity index (χ4v) is 3.77. The lowest BCUT2D eigenvalue weighted by Crippen LogP contribution is -2.27. The van der Waals surface area contributed by atoms with Gasteiger partial charge in [0.05, 0.1) is 12.5 Å².